The Bertz CT molecular complexity index is 1660. The number of hydrogen-bond donors (Lipinski definition) is 0. The maximum atomic E-state index is 2.31. The molecule has 0 aliphatic rings. The summed E-state index contributed by atoms with van der Waals surface area (Å²) in [7, 11) is 0. The molecule has 0 heterocycles. The molecule has 0 nitrogen and oxygen atoms in total. The molecule has 6 aromatic rings. The number of rotatable bonds is 6. The molecule has 0 saturated heterocycles. The van der Waals surface area contributed by atoms with E-state index in [1.807, 2.05) is 0 Å². The molecule has 0 aliphatic carbocycles. The minimum absolute atomic E-state index is 0. The average molecular weight is 1030 g/mol. The molecular weight excluding hydrogens is 969 g/mol. The first kappa shape index (κ1) is 47.5. The molecule has 0 saturated carbocycles. The third kappa shape index (κ3) is 17.1. The summed E-state index contributed by atoms with van der Waals surface area (Å²) in [5.41, 5.74) is 5.99. The number of hydrogen-bond acceptors (Lipinski definition) is 0. The van der Waals surface area contributed by atoms with Crippen LogP contribution in [0.2, 0.25) is 0 Å². The Morgan fingerprint density at radius 3 is 0.731 bits per heavy atom. The Morgan fingerprint density at radius 1 is 0.288 bits per heavy atom. The van der Waals surface area contributed by atoms with Crippen LogP contribution in [0.25, 0.3) is 0 Å². The van der Waals surface area contributed by atoms with Crippen molar-refractivity contribution in [3.63, 3.8) is 0 Å². The van der Waals surface area contributed by atoms with Crippen LogP contribution in [0.5, 0.6) is 0 Å². The molecule has 0 unspecified atom stereocenters. The van der Waals surface area contributed by atoms with Gasteiger partial charge in [-0.15, -0.1) is 0 Å². The van der Waals surface area contributed by atoms with Gasteiger partial charge in [-0.2, -0.15) is 0 Å². The molecule has 0 N–H and O–H groups in total. The molecule has 0 radical (unpaired) electrons. The normalized spacial score (nSPS) is 10.7. The van der Waals surface area contributed by atoms with Crippen LogP contribution in [0.1, 0.15) is 86.1 Å². The first-order valence-electron chi connectivity index (χ1n) is 16.7. The zero-order valence-electron chi connectivity index (χ0n) is 30.1. The second kappa shape index (κ2) is 23.3. The van der Waals surface area contributed by atoms with E-state index in [9.17, 15) is 0 Å². The van der Waals surface area contributed by atoms with Crippen LogP contribution in [-0.2, 0) is 10.8 Å². The topological polar surface area (TPSA) is 0 Å². The van der Waals surface area contributed by atoms with Crippen LogP contribution < -0.4 is 63.6 Å². The summed E-state index contributed by atoms with van der Waals surface area (Å²) < 4.78 is 8.92. The average Bonchev–Trinajstić information content (AvgIpc) is 3.08. The molecule has 0 fully saturated rings. The first-order chi connectivity index (χ1) is 23.3. The predicted molar refractivity (Wildman–Crippen MR) is 218 cm³/mol. The van der Waals surface area contributed by atoms with Gasteiger partial charge < -0.3 is 0 Å². The van der Waals surface area contributed by atoms with E-state index in [-0.39, 0.29) is 96.7 Å². The second-order valence-corrected chi connectivity index (χ2v) is 23.1. The van der Waals surface area contributed by atoms with Crippen molar-refractivity contribution in [2.24, 2.45) is 0 Å². The van der Waals surface area contributed by atoms with Crippen molar-refractivity contribution < 1.29 is 63.6 Å². The van der Waals surface area contributed by atoms with Crippen LogP contribution in [0.15, 0.2) is 158 Å². The van der Waals surface area contributed by atoms with Crippen molar-refractivity contribution in [2.45, 2.75) is 88.5 Å². The van der Waals surface area contributed by atoms with Crippen molar-refractivity contribution in [3.05, 3.63) is 201 Å². The molecule has 282 valence electrons. The van der Waals surface area contributed by atoms with Gasteiger partial charge in [0.05, 0.1) is 0 Å². The molecule has 0 atom stereocenters. The van der Waals surface area contributed by atoms with Crippen molar-refractivity contribution in [2.75, 3.05) is 0 Å². The van der Waals surface area contributed by atoms with Gasteiger partial charge in [0.2, 0.25) is 0 Å². The fourth-order valence-electron chi connectivity index (χ4n) is 4.55. The molecule has 6 aromatic carbocycles. The van der Waals surface area contributed by atoms with Gasteiger partial charge in [-0.1, -0.05) is 22.3 Å². The van der Waals surface area contributed by atoms with Gasteiger partial charge in [-0.05, 0) is 0 Å². The Labute approximate surface area is 350 Å². The van der Waals surface area contributed by atoms with Crippen molar-refractivity contribution in [1.82, 2.24) is 0 Å². The molecule has 0 amide bonds. The monoisotopic (exact) mass is 1030 g/mol. The van der Waals surface area contributed by atoms with Gasteiger partial charge in [-0.25, -0.2) is 0 Å². The van der Waals surface area contributed by atoms with E-state index >= 15 is 0 Å². The van der Waals surface area contributed by atoms with E-state index in [1.165, 1.54) is 43.7 Å². The Kier molecular flexibility index (Phi) is 21.3. The quantitative estimate of drug-likeness (QED) is 0.215. The van der Waals surface area contributed by atoms with Crippen LogP contribution in [0, 0.1) is 35.3 Å². The summed E-state index contributed by atoms with van der Waals surface area (Å²) in [5.74, 6) is 0. The van der Waals surface area contributed by atoms with E-state index < -0.39 is 0 Å². The zero-order valence-corrected chi connectivity index (χ0v) is 36.6. The van der Waals surface area contributed by atoms with E-state index in [4.69, 9.17) is 0 Å². The van der Waals surface area contributed by atoms with Crippen LogP contribution in [-0.4, -0.2) is 0 Å². The van der Waals surface area contributed by atoms with Crippen molar-refractivity contribution >= 4 is 0 Å². The molecule has 0 aliphatic heterocycles. The SMILES string of the molecule is C.C.C.CC(C)(C)c1ccc([I-]c2ccc(C(C)(C)C)cc2)cc1.Cc1ccc([I-]c2ccc(C)cc2)cc1.c1ccc([I-]c2ccccc2)cc1. The third-order valence-electron chi connectivity index (χ3n) is 7.56. The molecule has 52 heavy (non-hydrogen) atoms. The fourth-order valence-corrected chi connectivity index (χ4v) is 11.1. The van der Waals surface area contributed by atoms with Crippen molar-refractivity contribution in [3.8, 4) is 0 Å². The first-order valence-corrected chi connectivity index (χ1v) is 23.2. The predicted octanol–water partition coefficient (Wildman–Crippen LogP) is 4.57. The summed E-state index contributed by atoms with van der Waals surface area (Å²) >= 11 is -0.0385. The molecular formula is C49H62I3-3. The van der Waals surface area contributed by atoms with Crippen LogP contribution in [0.3, 0.4) is 0 Å². The van der Waals surface area contributed by atoms with Crippen LogP contribution in [0.4, 0.5) is 0 Å². The Morgan fingerprint density at radius 2 is 0.500 bits per heavy atom. The van der Waals surface area contributed by atoms with Gasteiger partial charge in [-0.3, -0.25) is 0 Å². The van der Waals surface area contributed by atoms with Gasteiger partial charge >= 0.3 is 331 Å². The molecule has 0 aromatic heterocycles. The summed E-state index contributed by atoms with van der Waals surface area (Å²) in [5, 5.41) is 0. The van der Waals surface area contributed by atoms with Gasteiger partial charge in [0, 0.05) is 0 Å². The van der Waals surface area contributed by atoms with E-state index in [0.717, 1.165) is 0 Å². The summed E-state index contributed by atoms with van der Waals surface area (Å²) in [4.78, 5) is 0. The third-order valence-corrected chi connectivity index (χ3v) is 15.6. The van der Waals surface area contributed by atoms with E-state index in [2.05, 4.69) is 213 Å². The Balaban J connectivity index is 0.000000390. The second-order valence-electron chi connectivity index (χ2n) is 14.0. The van der Waals surface area contributed by atoms with E-state index in [1.54, 1.807) is 0 Å². The molecule has 0 spiro atoms. The van der Waals surface area contributed by atoms with E-state index in [0.29, 0.717) is 0 Å². The van der Waals surface area contributed by atoms with Gasteiger partial charge in [0.25, 0.3) is 0 Å². The van der Waals surface area contributed by atoms with Crippen molar-refractivity contribution in [1.29, 1.82) is 0 Å². The van der Waals surface area contributed by atoms with Crippen LogP contribution >= 0.6 is 0 Å². The summed E-state index contributed by atoms with van der Waals surface area (Å²) in [6.45, 7) is 17.9. The van der Waals surface area contributed by atoms with Gasteiger partial charge in [0.1, 0.15) is 0 Å². The molecule has 6 rings (SSSR count). The zero-order chi connectivity index (χ0) is 35.3. The molecule has 0 bridgehead atoms. The number of halogens is 3. The fraction of sp³-hybridized carbons (Fsp3) is 0.265. The standard InChI is InChI=1S/C20H26I.C14H14I.C12H10I.3CH4/c1-19(2,3)15-7-11-17(12-8-15)21-18-13-9-16(10-14-18)20(4,5)6;1-11-3-7-13(8-4-11)15-14-9-5-12(2)6-10-14;1-3-7-11(8-4-1)13-12-9-5-2-6-10-12;;;/h7-14H,1-6H3;3-10H,1-2H3;1-10H;3*1H4/q3*-1;;;. The number of benzene rings is 6. The summed E-state index contributed by atoms with van der Waals surface area (Å²) in [6.07, 6.45) is 0. The summed E-state index contributed by atoms with van der Waals surface area (Å²) in [6, 6.07) is 57.6. The minimum atomic E-state index is -0.0703. The number of aryl methyl sites for hydroxylation is 2. The maximum absolute atomic E-state index is 2.31. The Hall–Kier alpha value is -2.49. The molecule has 3 heteroatoms. The van der Waals surface area contributed by atoms with Gasteiger partial charge in [0.15, 0.2) is 0 Å².